The first-order chi connectivity index (χ1) is 12.2. The molecule has 0 saturated carbocycles. The largest absolute Gasteiger partial charge is 0.208 e. The van der Waals surface area contributed by atoms with E-state index in [0.717, 1.165) is 19.3 Å². The van der Waals surface area contributed by atoms with Crippen molar-refractivity contribution in [3.63, 3.8) is 0 Å². The van der Waals surface area contributed by atoms with Crippen LogP contribution in [0.15, 0.2) is 48.5 Å². The minimum Gasteiger partial charge on any atom is -0.201 e. The maximum Gasteiger partial charge on any atom is 0.208 e. The molecule has 0 amide bonds. The van der Waals surface area contributed by atoms with E-state index in [1.54, 1.807) is 0 Å². The number of para-hydroxylation sites is 2. The molecule has 25 heavy (non-hydrogen) atoms. The molecule has 2 nitrogen and oxygen atoms in total. The first kappa shape index (κ1) is 19.1. The molecule has 132 valence electrons. The molecule has 2 aromatic rings. The Morgan fingerprint density at radius 2 is 1.00 bits per heavy atom. The molecule has 0 N–H and O–H groups in total. The molecular weight excluding hydrogens is 304 g/mol. The van der Waals surface area contributed by atoms with Gasteiger partial charge in [0.15, 0.2) is 11.4 Å². The first-order valence-electron chi connectivity index (χ1n) is 9.56. The van der Waals surface area contributed by atoms with Gasteiger partial charge >= 0.3 is 0 Å². The Balaban J connectivity index is 0.000000528. The molecule has 0 aromatic heterocycles. The van der Waals surface area contributed by atoms with Crippen LogP contribution in [0.25, 0.3) is 0 Å². The fraction of sp³-hybridized carbons (Fsp3) is 0.391. The van der Waals surface area contributed by atoms with Crippen LogP contribution in [0, 0.1) is 0 Å². The van der Waals surface area contributed by atoms with E-state index in [1.165, 1.54) is 33.9 Å². The smallest absolute Gasteiger partial charge is 0.201 e. The van der Waals surface area contributed by atoms with Gasteiger partial charge in [0, 0.05) is 23.3 Å². The zero-order chi connectivity index (χ0) is 18.4. The van der Waals surface area contributed by atoms with Gasteiger partial charge in [-0.1, -0.05) is 64.1 Å². The lowest BCUT2D eigenvalue weighted by Gasteiger charge is -1.97. The van der Waals surface area contributed by atoms with Crippen LogP contribution >= 0.6 is 0 Å². The normalized spacial score (nSPS) is 14.3. The number of nitrogens with zero attached hydrogens (tertiary/aromatic N) is 2. The number of benzene rings is 2. The number of hydrogen-bond donors (Lipinski definition) is 0. The average molecular weight is 337 g/mol. The summed E-state index contributed by atoms with van der Waals surface area (Å²) < 4.78 is 4.75. The summed E-state index contributed by atoms with van der Waals surface area (Å²) in [5.41, 5.74) is 8.65. The average Bonchev–Trinajstić information content (AvgIpc) is 3.17. The molecule has 0 radical (unpaired) electrons. The Bertz CT molecular complexity index is 730. The molecule has 0 aliphatic carbocycles. The maximum atomic E-state index is 2.37. The Morgan fingerprint density at radius 1 is 0.640 bits per heavy atom. The molecule has 0 saturated heterocycles. The van der Waals surface area contributed by atoms with Crippen molar-refractivity contribution in [1.29, 1.82) is 0 Å². The molecule has 0 spiro atoms. The van der Waals surface area contributed by atoms with E-state index in [9.17, 15) is 0 Å². The van der Waals surface area contributed by atoms with Crippen LogP contribution < -0.4 is 0 Å². The van der Waals surface area contributed by atoms with Crippen molar-refractivity contribution in [3.8, 4) is 0 Å². The van der Waals surface area contributed by atoms with Crippen LogP contribution in [0.3, 0.4) is 0 Å². The fourth-order valence-electron chi connectivity index (χ4n) is 3.59. The lowest BCUT2D eigenvalue weighted by atomic mass is 10.0. The van der Waals surface area contributed by atoms with E-state index in [-0.39, 0.29) is 0 Å². The van der Waals surface area contributed by atoms with Crippen molar-refractivity contribution in [3.05, 3.63) is 59.7 Å². The summed E-state index contributed by atoms with van der Waals surface area (Å²) in [5.74, 6) is 0. The van der Waals surface area contributed by atoms with Gasteiger partial charge in [-0.2, -0.15) is 0 Å². The zero-order valence-corrected chi connectivity index (χ0v) is 16.6. The van der Waals surface area contributed by atoms with Crippen LogP contribution in [0.5, 0.6) is 0 Å². The standard InChI is InChI=1S/C19H20N2.2C2H6/c1-20-16(11-14-7-3-5-9-18(14)20)13-17-12-15-8-4-6-10-19(15)21(17)2;2*1-2/h3-10H,11-13H2,1-2H3;2*1-2H3/q+2;;. The quantitative estimate of drug-likeness (QED) is 0.650. The minimum absolute atomic E-state index is 1.07. The molecule has 2 aliphatic rings. The second-order valence-electron chi connectivity index (χ2n) is 6.04. The van der Waals surface area contributed by atoms with Crippen LogP contribution in [0.2, 0.25) is 0 Å². The number of fused-ring (bicyclic) bond motifs is 2. The second-order valence-corrected chi connectivity index (χ2v) is 6.04. The summed E-state index contributed by atoms with van der Waals surface area (Å²) in [4.78, 5) is 0. The third-order valence-electron chi connectivity index (χ3n) is 4.85. The monoisotopic (exact) mass is 336 g/mol. The van der Waals surface area contributed by atoms with Crippen LogP contribution in [0.4, 0.5) is 11.4 Å². The topological polar surface area (TPSA) is 6.02 Å². The van der Waals surface area contributed by atoms with Gasteiger partial charge in [0.05, 0.1) is 12.8 Å². The van der Waals surface area contributed by atoms with E-state index in [2.05, 4.69) is 71.8 Å². The highest BCUT2D eigenvalue weighted by atomic mass is 15.0. The third kappa shape index (κ3) is 3.73. The summed E-state index contributed by atoms with van der Waals surface area (Å²) in [6.45, 7) is 8.00. The second kappa shape index (κ2) is 8.75. The van der Waals surface area contributed by atoms with Gasteiger partial charge in [0.1, 0.15) is 20.5 Å². The van der Waals surface area contributed by atoms with Gasteiger partial charge in [-0.05, 0) is 0 Å². The summed E-state index contributed by atoms with van der Waals surface area (Å²) in [6, 6.07) is 17.5. The van der Waals surface area contributed by atoms with E-state index >= 15 is 0 Å². The predicted molar refractivity (Wildman–Crippen MR) is 109 cm³/mol. The van der Waals surface area contributed by atoms with E-state index in [1.807, 2.05) is 27.7 Å². The van der Waals surface area contributed by atoms with Crippen LogP contribution in [-0.2, 0) is 12.8 Å². The molecular formula is C23H32N2+2. The van der Waals surface area contributed by atoms with E-state index < -0.39 is 0 Å². The summed E-state index contributed by atoms with van der Waals surface area (Å²) in [5, 5.41) is 0. The minimum atomic E-state index is 1.07. The molecule has 2 heterocycles. The molecule has 2 aliphatic heterocycles. The van der Waals surface area contributed by atoms with Crippen molar-refractivity contribution in [1.82, 2.24) is 0 Å². The molecule has 0 unspecified atom stereocenters. The summed E-state index contributed by atoms with van der Waals surface area (Å²) >= 11 is 0. The predicted octanol–water partition coefficient (Wildman–Crippen LogP) is 5.37. The highest BCUT2D eigenvalue weighted by Crippen LogP contribution is 2.29. The molecule has 0 fully saturated rings. The van der Waals surface area contributed by atoms with Gasteiger partial charge in [-0.25, -0.2) is 9.15 Å². The van der Waals surface area contributed by atoms with Gasteiger partial charge in [-0.3, -0.25) is 0 Å². The maximum absolute atomic E-state index is 2.37. The fourth-order valence-corrected chi connectivity index (χ4v) is 3.59. The summed E-state index contributed by atoms with van der Waals surface area (Å²) in [6.07, 6.45) is 3.23. The van der Waals surface area contributed by atoms with Crippen molar-refractivity contribution in [2.45, 2.75) is 47.0 Å². The molecule has 0 atom stereocenters. The first-order valence-corrected chi connectivity index (χ1v) is 9.56. The Morgan fingerprint density at radius 3 is 1.36 bits per heavy atom. The molecule has 0 bridgehead atoms. The summed E-state index contributed by atoms with van der Waals surface area (Å²) in [7, 11) is 4.40. The van der Waals surface area contributed by atoms with Crippen LogP contribution in [0.1, 0.15) is 45.2 Å². The SMILES string of the molecule is CC.CC.C[N+]1=C(CC2=[N+](C)c3ccccc3C2)Cc2ccccc21. The number of rotatable bonds is 2. The molecule has 2 aromatic carbocycles. The third-order valence-corrected chi connectivity index (χ3v) is 4.85. The highest BCUT2D eigenvalue weighted by Gasteiger charge is 2.33. The van der Waals surface area contributed by atoms with Gasteiger partial charge in [-0.15, -0.1) is 0 Å². The van der Waals surface area contributed by atoms with Crippen molar-refractivity contribution < 1.29 is 9.15 Å². The lowest BCUT2D eigenvalue weighted by molar-refractivity contribution is -0.408. The van der Waals surface area contributed by atoms with Gasteiger partial charge in [0.25, 0.3) is 0 Å². The van der Waals surface area contributed by atoms with E-state index in [0.29, 0.717) is 0 Å². The lowest BCUT2D eigenvalue weighted by Crippen LogP contribution is -2.19. The van der Waals surface area contributed by atoms with Crippen molar-refractivity contribution >= 4 is 22.8 Å². The van der Waals surface area contributed by atoms with Crippen molar-refractivity contribution in [2.75, 3.05) is 14.1 Å². The Labute approximate surface area is 153 Å². The van der Waals surface area contributed by atoms with Gasteiger partial charge in [0.2, 0.25) is 11.4 Å². The molecule has 4 rings (SSSR count). The molecule has 2 heteroatoms. The Hall–Kier alpha value is -2.22. The van der Waals surface area contributed by atoms with Crippen molar-refractivity contribution in [2.24, 2.45) is 0 Å². The zero-order valence-electron chi connectivity index (χ0n) is 16.6. The van der Waals surface area contributed by atoms with E-state index in [4.69, 9.17) is 0 Å². The Kier molecular flexibility index (Phi) is 6.69. The van der Waals surface area contributed by atoms with Gasteiger partial charge < -0.3 is 0 Å². The number of hydrogen-bond acceptors (Lipinski definition) is 0. The highest BCUT2D eigenvalue weighted by molar-refractivity contribution is 6.04. The van der Waals surface area contributed by atoms with Crippen LogP contribution in [-0.4, -0.2) is 34.7 Å².